The molecule has 10 nitrogen and oxygen atoms in total. The van der Waals surface area contributed by atoms with E-state index in [0.29, 0.717) is 5.69 Å². The molecule has 0 bridgehead atoms. The largest absolute Gasteiger partial charge is 0.495 e. The molecule has 31 heavy (non-hydrogen) atoms. The van der Waals surface area contributed by atoms with E-state index >= 15 is 0 Å². The van der Waals surface area contributed by atoms with Crippen molar-refractivity contribution in [1.29, 1.82) is 5.26 Å². The molecule has 1 unspecified atom stereocenters. The van der Waals surface area contributed by atoms with Gasteiger partial charge in [-0.2, -0.15) is 5.26 Å². The minimum absolute atomic E-state index is 0.0723. The van der Waals surface area contributed by atoms with Crippen LogP contribution in [0.3, 0.4) is 0 Å². The molecule has 2 aromatic carbocycles. The van der Waals surface area contributed by atoms with Crippen LogP contribution >= 0.6 is 0 Å². The van der Waals surface area contributed by atoms with Gasteiger partial charge in [0.05, 0.1) is 30.8 Å². The number of benzene rings is 2. The Hall–Kier alpha value is -3.65. The standard InChI is InChI=1S/C20H22N4O6S/c1-4-17(20(25)22-15-7-5-14(6-8-15)11-12-21)23(31(3,28)29)18-13-16(24(26)27)9-10-19(18)30-2/h5-10,13,17H,4,11H2,1-3H3,(H,22,25). The highest BCUT2D eigenvalue weighted by molar-refractivity contribution is 7.92. The molecule has 0 fully saturated rings. The topological polar surface area (TPSA) is 143 Å². The molecule has 11 heteroatoms. The quantitative estimate of drug-likeness (QED) is 0.461. The summed E-state index contributed by atoms with van der Waals surface area (Å²) in [4.78, 5) is 23.5. The number of hydrogen-bond donors (Lipinski definition) is 1. The maximum Gasteiger partial charge on any atom is 0.271 e. The fraction of sp³-hybridized carbons (Fsp3) is 0.300. The van der Waals surface area contributed by atoms with E-state index in [1.807, 2.05) is 6.07 Å². The molecular formula is C20H22N4O6S. The molecule has 1 N–H and O–H groups in total. The number of sulfonamides is 1. The molecule has 0 radical (unpaired) electrons. The Kier molecular flexibility index (Phi) is 7.55. The van der Waals surface area contributed by atoms with Gasteiger partial charge >= 0.3 is 0 Å². The molecule has 0 spiro atoms. The number of nitro groups is 1. The summed E-state index contributed by atoms with van der Waals surface area (Å²) >= 11 is 0. The Morgan fingerprint density at radius 2 is 1.94 bits per heavy atom. The third kappa shape index (κ3) is 5.70. The Morgan fingerprint density at radius 1 is 1.29 bits per heavy atom. The second kappa shape index (κ2) is 9.90. The summed E-state index contributed by atoms with van der Waals surface area (Å²) < 4.78 is 31.3. The number of carbonyl (C=O) groups excluding carboxylic acids is 1. The third-order valence-electron chi connectivity index (χ3n) is 4.45. The second-order valence-electron chi connectivity index (χ2n) is 6.62. The highest BCUT2D eigenvalue weighted by Gasteiger charge is 2.34. The molecule has 1 atom stereocenters. The number of methoxy groups -OCH3 is 1. The van der Waals surface area contributed by atoms with Crippen molar-refractivity contribution in [3.8, 4) is 11.8 Å². The van der Waals surface area contributed by atoms with Gasteiger partial charge in [-0.15, -0.1) is 0 Å². The Balaban J connectivity index is 2.47. The molecule has 164 valence electrons. The van der Waals surface area contributed by atoms with Crippen LogP contribution in [-0.2, 0) is 21.2 Å². The van der Waals surface area contributed by atoms with Crippen molar-refractivity contribution in [2.75, 3.05) is 23.0 Å². The van der Waals surface area contributed by atoms with Crippen LogP contribution in [-0.4, -0.2) is 38.7 Å². The molecule has 0 aliphatic carbocycles. The zero-order chi connectivity index (χ0) is 23.2. The van der Waals surface area contributed by atoms with E-state index in [1.54, 1.807) is 31.2 Å². The summed E-state index contributed by atoms with van der Waals surface area (Å²) in [6, 6.07) is 10.9. The molecular weight excluding hydrogens is 424 g/mol. The van der Waals surface area contributed by atoms with Gasteiger partial charge in [0, 0.05) is 17.8 Å². The summed E-state index contributed by atoms with van der Waals surface area (Å²) in [5, 5.41) is 22.6. The van der Waals surface area contributed by atoms with Crippen LogP contribution in [0.1, 0.15) is 18.9 Å². The van der Waals surface area contributed by atoms with Crippen LogP contribution in [0.2, 0.25) is 0 Å². The lowest BCUT2D eigenvalue weighted by molar-refractivity contribution is -0.384. The van der Waals surface area contributed by atoms with E-state index in [9.17, 15) is 23.3 Å². The highest BCUT2D eigenvalue weighted by Crippen LogP contribution is 2.35. The second-order valence-corrected chi connectivity index (χ2v) is 8.48. The number of non-ortho nitro benzene ring substituents is 1. The van der Waals surface area contributed by atoms with E-state index in [1.165, 1.54) is 19.2 Å². The fourth-order valence-electron chi connectivity index (χ4n) is 3.02. The van der Waals surface area contributed by atoms with E-state index < -0.39 is 26.9 Å². The predicted octanol–water partition coefficient (Wildman–Crippen LogP) is 2.85. The Bertz CT molecular complexity index is 1110. The van der Waals surface area contributed by atoms with Crippen LogP contribution < -0.4 is 14.4 Å². The van der Waals surface area contributed by atoms with Crippen LogP contribution in [0.25, 0.3) is 0 Å². The van der Waals surface area contributed by atoms with Gasteiger partial charge in [0.1, 0.15) is 17.5 Å². The number of amides is 1. The first-order valence-corrected chi connectivity index (χ1v) is 11.1. The first-order chi connectivity index (χ1) is 14.6. The number of ether oxygens (including phenoxy) is 1. The van der Waals surface area contributed by atoms with Crippen LogP contribution in [0.15, 0.2) is 42.5 Å². The lowest BCUT2D eigenvalue weighted by Crippen LogP contribution is -2.47. The van der Waals surface area contributed by atoms with E-state index in [4.69, 9.17) is 10.00 Å². The van der Waals surface area contributed by atoms with Crippen molar-refractivity contribution in [1.82, 2.24) is 0 Å². The van der Waals surface area contributed by atoms with Gasteiger partial charge in [0.15, 0.2) is 0 Å². The molecule has 0 aliphatic heterocycles. The zero-order valence-electron chi connectivity index (χ0n) is 17.2. The maximum absolute atomic E-state index is 13.0. The van der Waals surface area contributed by atoms with Crippen molar-refractivity contribution in [2.45, 2.75) is 25.8 Å². The zero-order valence-corrected chi connectivity index (χ0v) is 18.0. The number of nitro benzene ring substituents is 1. The van der Waals surface area contributed by atoms with Gasteiger partial charge in [0.25, 0.3) is 5.69 Å². The van der Waals surface area contributed by atoms with Crippen LogP contribution in [0.4, 0.5) is 17.1 Å². The number of hydrogen-bond acceptors (Lipinski definition) is 7. The normalized spacial score (nSPS) is 11.8. The van der Waals surface area contributed by atoms with Gasteiger partial charge in [0.2, 0.25) is 15.9 Å². The van der Waals surface area contributed by atoms with Crippen molar-refractivity contribution in [2.24, 2.45) is 0 Å². The SMILES string of the molecule is CCC(C(=O)Nc1ccc(CC#N)cc1)N(c1cc([N+](=O)[O-])ccc1OC)S(C)(=O)=O. The van der Waals surface area contributed by atoms with Crippen molar-refractivity contribution < 1.29 is 22.9 Å². The third-order valence-corrected chi connectivity index (χ3v) is 5.61. The van der Waals surface area contributed by atoms with E-state index in [2.05, 4.69) is 5.32 Å². The van der Waals surface area contributed by atoms with Crippen molar-refractivity contribution in [3.63, 3.8) is 0 Å². The molecule has 1 amide bonds. The smallest absolute Gasteiger partial charge is 0.271 e. The molecule has 0 saturated carbocycles. The van der Waals surface area contributed by atoms with Gasteiger partial charge in [-0.25, -0.2) is 8.42 Å². The van der Waals surface area contributed by atoms with E-state index in [0.717, 1.165) is 22.2 Å². The maximum atomic E-state index is 13.0. The molecule has 0 heterocycles. The van der Waals surface area contributed by atoms with Gasteiger partial charge < -0.3 is 10.1 Å². The number of rotatable bonds is 9. The number of anilines is 2. The summed E-state index contributed by atoms with van der Waals surface area (Å²) in [6.07, 6.45) is 1.23. The lowest BCUT2D eigenvalue weighted by Gasteiger charge is -2.30. The van der Waals surface area contributed by atoms with Gasteiger partial charge in [-0.3, -0.25) is 19.2 Å². The fourth-order valence-corrected chi connectivity index (χ4v) is 4.23. The number of nitriles is 1. The van der Waals surface area contributed by atoms with Gasteiger partial charge in [-0.1, -0.05) is 19.1 Å². The first kappa shape index (κ1) is 23.6. The molecule has 0 aromatic heterocycles. The number of nitrogens with one attached hydrogen (secondary N) is 1. The predicted molar refractivity (Wildman–Crippen MR) is 115 cm³/mol. The summed E-state index contributed by atoms with van der Waals surface area (Å²) in [7, 11) is -2.72. The van der Waals surface area contributed by atoms with Crippen molar-refractivity contribution in [3.05, 3.63) is 58.1 Å². The highest BCUT2D eigenvalue weighted by atomic mass is 32.2. The summed E-state index contributed by atoms with van der Waals surface area (Å²) in [5.74, 6) is -0.544. The number of carbonyl (C=O) groups is 1. The van der Waals surface area contributed by atoms with Gasteiger partial charge in [-0.05, 0) is 30.2 Å². The molecule has 2 rings (SSSR count). The molecule has 0 saturated heterocycles. The average Bonchev–Trinajstić information content (AvgIpc) is 2.72. The van der Waals surface area contributed by atoms with Crippen LogP contribution in [0, 0.1) is 21.4 Å². The van der Waals surface area contributed by atoms with Crippen LogP contribution in [0.5, 0.6) is 5.75 Å². The summed E-state index contributed by atoms with van der Waals surface area (Å²) in [5.41, 5.74) is 0.745. The lowest BCUT2D eigenvalue weighted by atomic mass is 10.1. The molecule has 2 aromatic rings. The first-order valence-electron chi connectivity index (χ1n) is 9.21. The molecule has 0 aliphatic rings. The minimum atomic E-state index is -4.02. The van der Waals surface area contributed by atoms with E-state index in [-0.39, 0.29) is 30.0 Å². The summed E-state index contributed by atoms with van der Waals surface area (Å²) in [6.45, 7) is 1.63. The monoisotopic (exact) mass is 446 g/mol. The minimum Gasteiger partial charge on any atom is -0.495 e. The number of nitrogens with zero attached hydrogens (tertiary/aromatic N) is 3. The average molecular weight is 446 g/mol. The Labute approximate surface area is 180 Å². The van der Waals surface area contributed by atoms with Crippen molar-refractivity contribution >= 4 is 33.0 Å². The Morgan fingerprint density at radius 3 is 2.42 bits per heavy atom.